The van der Waals surface area contributed by atoms with E-state index in [1.165, 1.54) is 0 Å². The Balaban J connectivity index is 2.00. The summed E-state index contributed by atoms with van der Waals surface area (Å²) in [5, 5.41) is 7.01. The summed E-state index contributed by atoms with van der Waals surface area (Å²) in [6.45, 7) is 6.64. The fourth-order valence-electron chi connectivity index (χ4n) is 1.86. The van der Waals surface area contributed by atoms with Crippen LogP contribution in [0.2, 0.25) is 0 Å². The maximum Gasteiger partial charge on any atom is 0.270 e. The SMILES string of the molecule is Cc1c(CNC(=O)c2ccc(C(C)C)cn2)cnn1C. The number of carbonyl (C=O) groups is 1. The molecule has 20 heavy (non-hydrogen) atoms. The van der Waals surface area contributed by atoms with Crippen molar-refractivity contribution in [2.24, 2.45) is 7.05 Å². The third kappa shape index (κ3) is 3.04. The predicted octanol–water partition coefficient (Wildman–Crippen LogP) is 2.18. The zero-order valence-corrected chi connectivity index (χ0v) is 12.3. The molecule has 0 fully saturated rings. The first-order valence-electron chi connectivity index (χ1n) is 6.70. The molecule has 0 saturated heterocycles. The van der Waals surface area contributed by atoms with Crippen LogP contribution in [-0.2, 0) is 13.6 Å². The minimum absolute atomic E-state index is 0.163. The Morgan fingerprint density at radius 3 is 2.60 bits per heavy atom. The molecule has 1 N–H and O–H groups in total. The van der Waals surface area contributed by atoms with Crippen molar-refractivity contribution in [1.82, 2.24) is 20.1 Å². The molecular formula is C15H20N4O. The van der Waals surface area contributed by atoms with Gasteiger partial charge in [0.1, 0.15) is 5.69 Å². The maximum absolute atomic E-state index is 12.0. The fraction of sp³-hybridized carbons (Fsp3) is 0.400. The lowest BCUT2D eigenvalue weighted by Gasteiger charge is -2.07. The van der Waals surface area contributed by atoms with Gasteiger partial charge < -0.3 is 5.32 Å². The van der Waals surface area contributed by atoms with E-state index in [1.807, 2.05) is 20.0 Å². The second-order valence-corrected chi connectivity index (χ2v) is 5.19. The van der Waals surface area contributed by atoms with Crippen LogP contribution >= 0.6 is 0 Å². The topological polar surface area (TPSA) is 59.8 Å². The van der Waals surface area contributed by atoms with Gasteiger partial charge in [0.05, 0.1) is 6.20 Å². The lowest BCUT2D eigenvalue weighted by molar-refractivity contribution is 0.0946. The van der Waals surface area contributed by atoms with Gasteiger partial charge in [-0.1, -0.05) is 19.9 Å². The van der Waals surface area contributed by atoms with Crippen LogP contribution in [0.3, 0.4) is 0 Å². The molecule has 106 valence electrons. The monoisotopic (exact) mass is 272 g/mol. The minimum atomic E-state index is -0.163. The first-order chi connectivity index (χ1) is 9.49. The van der Waals surface area contributed by atoms with Crippen molar-refractivity contribution in [3.05, 3.63) is 47.0 Å². The Hall–Kier alpha value is -2.17. The number of carbonyl (C=O) groups excluding carboxylic acids is 1. The Morgan fingerprint density at radius 1 is 1.35 bits per heavy atom. The summed E-state index contributed by atoms with van der Waals surface area (Å²) in [5.41, 5.74) is 3.63. The zero-order valence-electron chi connectivity index (χ0n) is 12.3. The van der Waals surface area contributed by atoms with Gasteiger partial charge in [-0.3, -0.25) is 14.5 Å². The predicted molar refractivity (Wildman–Crippen MR) is 77.4 cm³/mol. The van der Waals surface area contributed by atoms with Gasteiger partial charge in [-0.15, -0.1) is 0 Å². The zero-order chi connectivity index (χ0) is 14.7. The van der Waals surface area contributed by atoms with Crippen LogP contribution in [0.25, 0.3) is 0 Å². The number of rotatable bonds is 4. The quantitative estimate of drug-likeness (QED) is 0.928. The molecule has 5 heteroatoms. The van der Waals surface area contributed by atoms with Gasteiger partial charge in [-0.2, -0.15) is 5.10 Å². The van der Waals surface area contributed by atoms with E-state index in [1.54, 1.807) is 23.1 Å². The lowest BCUT2D eigenvalue weighted by atomic mass is 10.1. The van der Waals surface area contributed by atoms with Crippen LogP contribution in [0.5, 0.6) is 0 Å². The van der Waals surface area contributed by atoms with Crippen molar-refractivity contribution < 1.29 is 4.79 Å². The fourth-order valence-corrected chi connectivity index (χ4v) is 1.86. The maximum atomic E-state index is 12.0. The summed E-state index contributed by atoms with van der Waals surface area (Å²) in [4.78, 5) is 16.2. The normalized spacial score (nSPS) is 10.8. The molecule has 0 aliphatic heterocycles. The largest absolute Gasteiger partial charge is 0.346 e. The van der Waals surface area contributed by atoms with Gasteiger partial charge in [0, 0.05) is 31.0 Å². The van der Waals surface area contributed by atoms with Gasteiger partial charge >= 0.3 is 0 Å². The van der Waals surface area contributed by atoms with Gasteiger partial charge in [0.25, 0.3) is 5.91 Å². The first kappa shape index (κ1) is 14.2. The van der Waals surface area contributed by atoms with Crippen LogP contribution in [0.15, 0.2) is 24.5 Å². The second kappa shape index (κ2) is 5.86. The second-order valence-electron chi connectivity index (χ2n) is 5.19. The van der Waals surface area contributed by atoms with E-state index in [4.69, 9.17) is 0 Å². The molecule has 0 atom stereocenters. The third-order valence-corrected chi connectivity index (χ3v) is 3.46. The third-order valence-electron chi connectivity index (χ3n) is 3.46. The average Bonchev–Trinajstić information content (AvgIpc) is 2.76. The number of hydrogen-bond donors (Lipinski definition) is 1. The van der Waals surface area contributed by atoms with Crippen LogP contribution in [0, 0.1) is 6.92 Å². The van der Waals surface area contributed by atoms with Crippen molar-refractivity contribution in [2.45, 2.75) is 33.2 Å². The number of nitrogens with zero attached hydrogens (tertiary/aromatic N) is 3. The lowest BCUT2D eigenvalue weighted by Crippen LogP contribution is -2.24. The highest BCUT2D eigenvalue weighted by atomic mass is 16.1. The highest BCUT2D eigenvalue weighted by Crippen LogP contribution is 2.12. The van der Waals surface area contributed by atoms with Gasteiger partial charge in [0.15, 0.2) is 0 Å². The highest BCUT2D eigenvalue weighted by molar-refractivity contribution is 5.92. The van der Waals surface area contributed by atoms with Crippen LogP contribution in [0.4, 0.5) is 0 Å². The summed E-state index contributed by atoms with van der Waals surface area (Å²) in [6, 6.07) is 3.71. The molecule has 2 aromatic heterocycles. The number of aryl methyl sites for hydroxylation is 1. The van der Waals surface area contributed by atoms with Crippen molar-refractivity contribution >= 4 is 5.91 Å². The van der Waals surface area contributed by atoms with E-state index in [0.717, 1.165) is 16.8 Å². The Kier molecular flexibility index (Phi) is 4.17. The van der Waals surface area contributed by atoms with Gasteiger partial charge in [-0.05, 0) is 24.5 Å². The summed E-state index contributed by atoms with van der Waals surface area (Å²) in [5.74, 6) is 0.251. The molecular weight excluding hydrogens is 252 g/mol. The summed E-state index contributed by atoms with van der Waals surface area (Å²) in [7, 11) is 1.88. The Labute approximate surface area is 119 Å². The van der Waals surface area contributed by atoms with E-state index < -0.39 is 0 Å². The van der Waals surface area contributed by atoms with Crippen molar-refractivity contribution in [2.75, 3.05) is 0 Å². The smallest absolute Gasteiger partial charge is 0.270 e. The molecule has 2 heterocycles. The summed E-state index contributed by atoms with van der Waals surface area (Å²) < 4.78 is 1.79. The molecule has 0 aliphatic rings. The molecule has 2 aromatic rings. The molecule has 0 radical (unpaired) electrons. The molecule has 2 rings (SSSR count). The van der Waals surface area contributed by atoms with E-state index in [2.05, 4.69) is 29.2 Å². The first-order valence-corrected chi connectivity index (χ1v) is 6.70. The van der Waals surface area contributed by atoms with Crippen LogP contribution in [-0.4, -0.2) is 20.7 Å². The van der Waals surface area contributed by atoms with E-state index >= 15 is 0 Å². The molecule has 5 nitrogen and oxygen atoms in total. The summed E-state index contributed by atoms with van der Waals surface area (Å²) in [6.07, 6.45) is 3.53. The van der Waals surface area contributed by atoms with Crippen LogP contribution < -0.4 is 5.32 Å². The van der Waals surface area contributed by atoms with Crippen molar-refractivity contribution in [3.63, 3.8) is 0 Å². The van der Waals surface area contributed by atoms with E-state index in [0.29, 0.717) is 18.2 Å². The van der Waals surface area contributed by atoms with Crippen LogP contribution in [0.1, 0.15) is 47.1 Å². The van der Waals surface area contributed by atoms with E-state index in [9.17, 15) is 4.79 Å². The average molecular weight is 272 g/mol. The molecule has 1 amide bonds. The molecule has 0 spiro atoms. The highest BCUT2D eigenvalue weighted by Gasteiger charge is 2.10. The number of amides is 1. The Bertz CT molecular complexity index is 599. The molecule has 0 aromatic carbocycles. The molecule has 0 unspecified atom stereocenters. The molecule has 0 aliphatic carbocycles. The van der Waals surface area contributed by atoms with Gasteiger partial charge in [-0.25, -0.2) is 0 Å². The molecule has 0 saturated carbocycles. The number of pyridine rings is 1. The standard InChI is InChI=1S/C15H20N4O/c1-10(2)12-5-6-14(16-7-12)15(20)17-8-13-9-18-19(4)11(13)3/h5-7,9-10H,8H2,1-4H3,(H,17,20). The van der Waals surface area contributed by atoms with Crippen molar-refractivity contribution in [1.29, 1.82) is 0 Å². The number of nitrogens with one attached hydrogen (secondary N) is 1. The molecule has 0 bridgehead atoms. The Morgan fingerprint density at radius 2 is 2.10 bits per heavy atom. The van der Waals surface area contributed by atoms with E-state index in [-0.39, 0.29) is 5.91 Å². The minimum Gasteiger partial charge on any atom is -0.346 e. The van der Waals surface area contributed by atoms with Gasteiger partial charge in [0.2, 0.25) is 0 Å². The number of hydrogen-bond acceptors (Lipinski definition) is 3. The number of aromatic nitrogens is 3. The summed E-state index contributed by atoms with van der Waals surface area (Å²) >= 11 is 0. The van der Waals surface area contributed by atoms with Crippen molar-refractivity contribution in [3.8, 4) is 0 Å².